The molecule has 4 heteroatoms. The molecule has 4 nitrogen and oxygen atoms in total. The van der Waals surface area contributed by atoms with Crippen LogP contribution in [0.4, 0.5) is 0 Å². The molecule has 1 aliphatic rings. The number of hydrogen-bond donors (Lipinski definition) is 1. The molecule has 2 heterocycles. The molecule has 0 atom stereocenters. The van der Waals surface area contributed by atoms with Crippen LogP contribution in [0.2, 0.25) is 0 Å². The molecule has 0 amide bonds. The maximum Gasteiger partial charge on any atom is 0.257 e. The van der Waals surface area contributed by atoms with Crippen molar-refractivity contribution in [2.45, 2.75) is 19.0 Å². The second-order valence-corrected chi connectivity index (χ2v) is 6.03. The van der Waals surface area contributed by atoms with Gasteiger partial charge in [0.05, 0.1) is 18.1 Å². The van der Waals surface area contributed by atoms with Gasteiger partial charge in [0.1, 0.15) is 0 Å². The lowest BCUT2D eigenvalue weighted by atomic mass is 9.98. The summed E-state index contributed by atoms with van der Waals surface area (Å²) in [6.45, 7) is 1.50. The Morgan fingerprint density at radius 2 is 1.58 bits per heavy atom. The minimum atomic E-state index is -0.160. The summed E-state index contributed by atoms with van der Waals surface area (Å²) in [5.41, 5.74) is 3.96. The van der Waals surface area contributed by atoms with E-state index >= 15 is 0 Å². The lowest BCUT2D eigenvalue weighted by molar-refractivity contribution is 0.572. The maximum absolute atomic E-state index is 13.1. The van der Waals surface area contributed by atoms with E-state index < -0.39 is 0 Å². The molecule has 1 aromatic heterocycles. The first kappa shape index (κ1) is 14.8. The van der Waals surface area contributed by atoms with E-state index in [4.69, 9.17) is 0 Å². The smallest absolute Gasteiger partial charge is 0.257 e. The summed E-state index contributed by atoms with van der Waals surface area (Å²) in [7, 11) is 0. The van der Waals surface area contributed by atoms with Crippen molar-refractivity contribution in [2.75, 3.05) is 6.54 Å². The first-order valence-corrected chi connectivity index (χ1v) is 8.24. The Kier molecular flexibility index (Phi) is 3.97. The molecule has 0 bridgehead atoms. The summed E-state index contributed by atoms with van der Waals surface area (Å²) in [4.78, 5) is 17.6. The van der Waals surface area contributed by atoms with Crippen LogP contribution in [0, 0.1) is 0 Å². The molecule has 0 saturated heterocycles. The third-order valence-corrected chi connectivity index (χ3v) is 4.53. The molecule has 0 spiro atoms. The van der Waals surface area contributed by atoms with E-state index in [1.165, 1.54) is 0 Å². The van der Waals surface area contributed by atoms with Crippen LogP contribution in [-0.2, 0) is 13.0 Å². The molecule has 4 rings (SSSR count). The zero-order chi connectivity index (χ0) is 16.4. The Hall–Kier alpha value is -2.72. The first-order valence-electron chi connectivity index (χ1n) is 8.24. The van der Waals surface area contributed by atoms with Crippen LogP contribution in [0.1, 0.15) is 28.4 Å². The van der Waals surface area contributed by atoms with Crippen LogP contribution in [0.3, 0.4) is 0 Å². The van der Waals surface area contributed by atoms with Gasteiger partial charge in [-0.2, -0.15) is 0 Å². The molecular formula is C20H19N3O. The molecule has 120 valence electrons. The van der Waals surface area contributed by atoms with Crippen molar-refractivity contribution >= 4 is 0 Å². The van der Waals surface area contributed by atoms with Gasteiger partial charge in [0, 0.05) is 12.1 Å². The molecule has 1 N–H and O–H groups in total. The van der Waals surface area contributed by atoms with Crippen LogP contribution in [0.15, 0.2) is 71.8 Å². The molecule has 0 saturated carbocycles. The van der Waals surface area contributed by atoms with Crippen molar-refractivity contribution in [3.63, 3.8) is 0 Å². The van der Waals surface area contributed by atoms with Crippen molar-refractivity contribution < 1.29 is 0 Å². The molecule has 0 unspecified atom stereocenters. The van der Waals surface area contributed by atoms with Crippen LogP contribution < -0.4 is 10.9 Å². The standard InChI is InChI=1S/C20H19N3O/c24-20-17-11-12-21-13-18(17)22-14-23(20)19(15-7-3-1-4-8-15)16-9-5-2-6-10-16/h1-10,14,19,21H,11-13H2. The monoisotopic (exact) mass is 317 g/mol. The molecule has 3 aromatic rings. The lowest BCUT2D eigenvalue weighted by Crippen LogP contribution is -2.36. The SMILES string of the molecule is O=c1c2c(ncn1C(c1ccccc1)c1ccccc1)CNCC2. The largest absolute Gasteiger partial charge is 0.311 e. The highest BCUT2D eigenvalue weighted by atomic mass is 16.1. The Labute approximate surface area is 140 Å². The highest BCUT2D eigenvalue weighted by molar-refractivity contribution is 5.33. The fraction of sp³-hybridized carbons (Fsp3) is 0.200. The Morgan fingerprint density at radius 1 is 0.958 bits per heavy atom. The van der Waals surface area contributed by atoms with Crippen molar-refractivity contribution in [3.8, 4) is 0 Å². The van der Waals surface area contributed by atoms with Crippen molar-refractivity contribution in [1.82, 2.24) is 14.9 Å². The van der Waals surface area contributed by atoms with Gasteiger partial charge >= 0.3 is 0 Å². The highest BCUT2D eigenvalue weighted by Gasteiger charge is 2.21. The molecule has 2 aromatic carbocycles. The van der Waals surface area contributed by atoms with E-state index in [2.05, 4.69) is 34.6 Å². The number of rotatable bonds is 3. The summed E-state index contributed by atoms with van der Waals surface area (Å²) < 4.78 is 1.77. The van der Waals surface area contributed by atoms with Crippen molar-refractivity contribution in [1.29, 1.82) is 0 Å². The number of fused-ring (bicyclic) bond motifs is 1. The van der Waals surface area contributed by atoms with Gasteiger partial charge in [0.25, 0.3) is 5.56 Å². The Bertz CT molecular complexity index is 848. The molecule has 0 fully saturated rings. The fourth-order valence-electron chi connectivity index (χ4n) is 3.33. The van der Waals surface area contributed by atoms with E-state index in [1.807, 2.05) is 36.4 Å². The van der Waals surface area contributed by atoms with Crippen LogP contribution >= 0.6 is 0 Å². The first-order chi connectivity index (χ1) is 11.8. The second kappa shape index (κ2) is 6.42. The van der Waals surface area contributed by atoms with Crippen LogP contribution in [0.25, 0.3) is 0 Å². The zero-order valence-electron chi connectivity index (χ0n) is 13.4. The lowest BCUT2D eigenvalue weighted by Gasteiger charge is -2.23. The summed E-state index contributed by atoms with van der Waals surface area (Å²) in [5, 5.41) is 3.27. The normalized spacial score (nSPS) is 13.7. The predicted octanol–water partition coefficient (Wildman–Crippen LogP) is 2.53. The van der Waals surface area contributed by atoms with E-state index in [0.717, 1.165) is 35.3 Å². The summed E-state index contributed by atoms with van der Waals surface area (Å²) in [5.74, 6) is 0. The van der Waals surface area contributed by atoms with Crippen LogP contribution in [-0.4, -0.2) is 16.1 Å². The molecular weight excluding hydrogens is 298 g/mol. The summed E-state index contributed by atoms with van der Waals surface area (Å²) in [6, 6.07) is 20.1. The van der Waals surface area contributed by atoms with E-state index in [-0.39, 0.29) is 11.6 Å². The van der Waals surface area contributed by atoms with Gasteiger partial charge in [-0.25, -0.2) is 4.98 Å². The van der Waals surface area contributed by atoms with Gasteiger partial charge in [0.2, 0.25) is 0 Å². The Balaban J connectivity index is 1.90. The maximum atomic E-state index is 13.1. The van der Waals surface area contributed by atoms with Crippen molar-refractivity contribution in [3.05, 3.63) is 99.7 Å². The van der Waals surface area contributed by atoms with Gasteiger partial charge in [0.15, 0.2) is 0 Å². The molecule has 0 aliphatic carbocycles. The quantitative estimate of drug-likeness (QED) is 0.807. The van der Waals surface area contributed by atoms with E-state index in [9.17, 15) is 4.79 Å². The number of benzene rings is 2. The number of nitrogens with one attached hydrogen (secondary N) is 1. The Morgan fingerprint density at radius 3 is 2.21 bits per heavy atom. The predicted molar refractivity (Wildman–Crippen MR) is 94.0 cm³/mol. The summed E-state index contributed by atoms with van der Waals surface area (Å²) >= 11 is 0. The number of aromatic nitrogens is 2. The number of nitrogens with zero attached hydrogens (tertiary/aromatic N) is 2. The minimum Gasteiger partial charge on any atom is -0.311 e. The topological polar surface area (TPSA) is 46.9 Å². The fourth-order valence-corrected chi connectivity index (χ4v) is 3.33. The highest BCUT2D eigenvalue weighted by Crippen LogP contribution is 2.25. The average Bonchev–Trinajstić information content (AvgIpc) is 2.66. The van der Waals surface area contributed by atoms with Gasteiger partial charge in [-0.1, -0.05) is 60.7 Å². The molecule has 24 heavy (non-hydrogen) atoms. The summed E-state index contributed by atoms with van der Waals surface area (Å²) in [6.07, 6.45) is 2.43. The minimum absolute atomic E-state index is 0.0687. The third kappa shape index (κ3) is 2.65. The van der Waals surface area contributed by atoms with E-state index in [0.29, 0.717) is 6.54 Å². The number of hydrogen-bond acceptors (Lipinski definition) is 3. The van der Waals surface area contributed by atoms with Crippen LogP contribution in [0.5, 0.6) is 0 Å². The van der Waals surface area contributed by atoms with Gasteiger partial charge in [-0.05, 0) is 24.1 Å². The average molecular weight is 317 g/mol. The third-order valence-electron chi connectivity index (χ3n) is 4.53. The van der Waals surface area contributed by atoms with Gasteiger partial charge in [-0.3, -0.25) is 9.36 Å². The van der Waals surface area contributed by atoms with E-state index in [1.54, 1.807) is 10.9 Å². The molecule has 1 aliphatic heterocycles. The second-order valence-electron chi connectivity index (χ2n) is 6.03. The molecule has 0 radical (unpaired) electrons. The van der Waals surface area contributed by atoms with Gasteiger partial charge in [-0.15, -0.1) is 0 Å². The zero-order valence-corrected chi connectivity index (χ0v) is 13.4. The van der Waals surface area contributed by atoms with Crippen molar-refractivity contribution in [2.24, 2.45) is 0 Å². The van der Waals surface area contributed by atoms with Gasteiger partial charge < -0.3 is 5.32 Å².